The van der Waals surface area contributed by atoms with Crippen molar-refractivity contribution in [3.05, 3.63) is 46.7 Å². The van der Waals surface area contributed by atoms with Crippen LogP contribution >= 0.6 is 23.7 Å². The highest BCUT2D eigenvalue weighted by molar-refractivity contribution is 7.10. The van der Waals surface area contributed by atoms with E-state index >= 15 is 0 Å². The molecule has 2 aromatic rings. The number of rotatable bonds is 6. The highest BCUT2D eigenvalue weighted by Gasteiger charge is 2.18. The number of carbonyl (C=O) groups is 2. The fourth-order valence-corrected chi connectivity index (χ4v) is 2.66. The lowest BCUT2D eigenvalue weighted by Crippen LogP contribution is -2.34. The largest absolute Gasteiger partial charge is 0.327 e. The van der Waals surface area contributed by atoms with Gasteiger partial charge in [0.25, 0.3) is 0 Å². The Morgan fingerprint density at radius 3 is 2.25 bits per heavy atom. The average molecular weight is 368 g/mol. The molecule has 0 saturated carbocycles. The van der Waals surface area contributed by atoms with E-state index in [4.69, 9.17) is 5.73 Å². The zero-order valence-corrected chi connectivity index (χ0v) is 15.2. The summed E-state index contributed by atoms with van der Waals surface area (Å²) in [6, 6.07) is 10.7. The predicted octanol–water partition coefficient (Wildman–Crippen LogP) is 3.27. The molecule has 1 heterocycles. The molecule has 130 valence electrons. The van der Waals surface area contributed by atoms with Crippen molar-refractivity contribution in [2.75, 3.05) is 10.6 Å². The maximum Gasteiger partial charge on any atom is 0.229 e. The Bertz CT molecular complexity index is 674. The topological polar surface area (TPSA) is 84.2 Å². The summed E-state index contributed by atoms with van der Waals surface area (Å²) in [7, 11) is 0. The molecule has 0 bridgehead atoms. The van der Waals surface area contributed by atoms with Crippen LogP contribution in [0.15, 0.2) is 41.8 Å². The van der Waals surface area contributed by atoms with Crippen LogP contribution in [0.3, 0.4) is 0 Å². The quantitative estimate of drug-likeness (QED) is 0.732. The minimum Gasteiger partial charge on any atom is -0.327 e. The molecule has 0 aliphatic heterocycles. The van der Waals surface area contributed by atoms with Crippen molar-refractivity contribution in [1.29, 1.82) is 0 Å². The maximum atomic E-state index is 12.1. The summed E-state index contributed by atoms with van der Waals surface area (Å²) < 4.78 is 0. The molecule has 0 fully saturated rings. The summed E-state index contributed by atoms with van der Waals surface area (Å²) in [5.74, 6) is -0.598. The number of para-hydroxylation sites is 2. The summed E-state index contributed by atoms with van der Waals surface area (Å²) >= 11 is 1.54. The number of carbonyl (C=O) groups excluding carboxylic acids is 2. The third kappa shape index (κ3) is 5.63. The van der Waals surface area contributed by atoms with Crippen LogP contribution < -0.4 is 16.4 Å². The minimum atomic E-state index is -0.315. The second kappa shape index (κ2) is 9.42. The van der Waals surface area contributed by atoms with E-state index in [1.165, 1.54) is 11.3 Å². The molecule has 2 rings (SSSR count). The van der Waals surface area contributed by atoms with Gasteiger partial charge in [-0.2, -0.15) is 0 Å². The van der Waals surface area contributed by atoms with Crippen molar-refractivity contribution in [1.82, 2.24) is 0 Å². The minimum absolute atomic E-state index is 0. The van der Waals surface area contributed by atoms with Crippen molar-refractivity contribution in [2.45, 2.75) is 26.3 Å². The number of amides is 2. The highest BCUT2D eigenvalue weighted by atomic mass is 35.5. The van der Waals surface area contributed by atoms with Gasteiger partial charge in [0.15, 0.2) is 0 Å². The van der Waals surface area contributed by atoms with Crippen LogP contribution in [-0.2, 0) is 16.0 Å². The first-order chi connectivity index (χ1) is 11.0. The molecule has 0 aliphatic carbocycles. The summed E-state index contributed by atoms with van der Waals surface area (Å²) in [4.78, 5) is 25.3. The number of hydrogen-bond acceptors (Lipinski definition) is 4. The van der Waals surface area contributed by atoms with E-state index < -0.39 is 0 Å². The Kier molecular flexibility index (Phi) is 7.91. The Labute approximate surface area is 152 Å². The molecule has 0 saturated heterocycles. The molecular weight excluding hydrogens is 346 g/mol. The Morgan fingerprint density at radius 1 is 1.08 bits per heavy atom. The molecule has 24 heavy (non-hydrogen) atoms. The molecule has 1 aromatic heterocycles. The van der Waals surface area contributed by atoms with Crippen LogP contribution in [0.2, 0.25) is 0 Å². The molecular formula is C17H22ClN3O2S. The van der Waals surface area contributed by atoms with Crippen molar-refractivity contribution in [2.24, 2.45) is 11.7 Å². The van der Waals surface area contributed by atoms with Crippen molar-refractivity contribution < 1.29 is 9.59 Å². The first-order valence-electron chi connectivity index (χ1n) is 7.45. The van der Waals surface area contributed by atoms with Crippen LogP contribution in [0.4, 0.5) is 11.4 Å². The van der Waals surface area contributed by atoms with Gasteiger partial charge in [-0.3, -0.25) is 9.59 Å². The smallest absolute Gasteiger partial charge is 0.229 e. The Balaban J connectivity index is 0.00000288. The predicted molar refractivity (Wildman–Crippen MR) is 102 cm³/mol. The average Bonchev–Trinajstić information content (AvgIpc) is 3.01. The number of hydrogen-bond donors (Lipinski definition) is 3. The van der Waals surface area contributed by atoms with Gasteiger partial charge in [0, 0.05) is 10.9 Å². The third-order valence-electron chi connectivity index (χ3n) is 3.58. The lowest BCUT2D eigenvalue weighted by Gasteiger charge is -2.17. The van der Waals surface area contributed by atoms with Crippen LogP contribution in [-0.4, -0.2) is 17.9 Å². The van der Waals surface area contributed by atoms with Crippen LogP contribution in [0.1, 0.15) is 18.7 Å². The van der Waals surface area contributed by atoms with Gasteiger partial charge in [0.2, 0.25) is 11.8 Å². The molecule has 0 spiro atoms. The Hall–Kier alpha value is -1.89. The number of anilines is 2. The molecule has 4 N–H and O–H groups in total. The second-order valence-electron chi connectivity index (χ2n) is 5.49. The van der Waals surface area contributed by atoms with E-state index in [-0.39, 0.29) is 36.2 Å². The van der Waals surface area contributed by atoms with Gasteiger partial charge in [-0.1, -0.05) is 25.1 Å². The lowest BCUT2D eigenvalue weighted by atomic mass is 10.0. The number of halogens is 1. The highest BCUT2D eigenvalue weighted by Crippen LogP contribution is 2.22. The van der Waals surface area contributed by atoms with Gasteiger partial charge < -0.3 is 16.4 Å². The van der Waals surface area contributed by atoms with Gasteiger partial charge in [-0.15, -0.1) is 23.7 Å². The zero-order chi connectivity index (χ0) is 16.8. The number of nitrogens with two attached hydrogens (primary N) is 1. The zero-order valence-electron chi connectivity index (χ0n) is 13.6. The molecule has 5 nitrogen and oxygen atoms in total. The summed E-state index contributed by atoms with van der Waals surface area (Å²) in [6.45, 7) is 3.57. The molecule has 0 aliphatic rings. The molecule has 1 aromatic carbocycles. The molecule has 2 atom stereocenters. The van der Waals surface area contributed by atoms with E-state index in [0.717, 1.165) is 4.88 Å². The monoisotopic (exact) mass is 367 g/mol. The van der Waals surface area contributed by atoms with E-state index in [1.54, 1.807) is 32.0 Å². The van der Waals surface area contributed by atoms with E-state index in [1.807, 2.05) is 23.6 Å². The SMILES string of the molecule is CC(N)C(C)C(=O)Nc1ccccc1NC(=O)Cc1cccs1.Cl. The van der Waals surface area contributed by atoms with Crippen LogP contribution in [0, 0.1) is 5.92 Å². The number of nitrogens with one attached hydrogen (secondary N) is 2. The molecule has 2 amide bonds. The van der Waals surface area contributed by atoms with Gasteiger partial charge in [-0.25, -0.2) is 0 Å². The first-order valence-corrected chi connectivity index (χ1v) is 8.33. The van der Waals surface area contributed by atoms with Gasteiger partial charge in [0.1, 0.15) is 0 Å². The maximum absolute atomic E-state index is 12.1. The van der Waals surface area contributed by atoms with Gasteiger partial charge in [-0.05, 0) is 30.5 Å². The van der Waals surface area contributed by atoms with E-state index in [0.29, 0.717) is 17.8 Å². The summed E-state index contributed by atoms with van der Waals surface area (Å²) in [5.41, 5.74) is 6.91. The molecule has 2 unspecified atom stereocenters. The van der Waals surface area contributed by atoms with Gasteiger partial charge >= 0.3 is 0 Å². The van der Waals surface area contributed by atoms with E-state index in [9.17, 15) is 9.59 Å². The number of thiophene rings is 1. The number of benzene rings is 1. The van der Waals surface area contributed by atoms with Crippen molar-refractivity contribution in [3.8, 4) is 0 Å². The summed E-state index contributed by atoms with van der Waals surface area (Å²) in [5, 5.41) is 7.61. The normalized spacial score (nSPS) is 12.6. The lowest BCUT2D eigenvalue weighted by molar-refractivity contribution is -0.120. The van der Waals surface area contributed by atoms with Crippen molar-refractivity contribution in [3.63, 3.8) is 0 Å². The molecule has 7 heteroatoms. The molecule has 0 radical (unpaired) electrons. The van der Waals surface area contributed by atoms with Gasteiger partial charge in [0.05, 0.1) is 23.7 Å². The first kappa shape index (κ1) is 20.2. The second-order valence-corrected chi connectivity index (χ2v) is 6.52. The Morgan fingerprint density at radius 2 is 1.71 bits per heavy atom. The standard InChI is InChI=1S/C17H21N3O2S.ClH/c1-11(12(2)18)17(22)20-15-8-4-3-7-14(15)19-16(21)10-13-6-5-9-23-13;/h3-9,11-12H,10,18H2,1-2H3,(H,19,21)(H,20,22);1H. The van der Waals surface area contributed by atoms with Crippen LogP contribution in [0.5, 0.6) is 0 Å². The fourth-order valence-electron chi connectivity index (χ4n) is 1.95. The van der Waals surface area contributed by atoms with Crippen LogP contribution in [0.25, 0.3) is 0 Å². The fraction of sp³-hybridized carbons (Fsp3) is 0.294. The van der Waals surface area contributed by atoms with Crippen molar-refractivity contribution >= 4 is 46.9 Å². The van der Waals surface area contributed by atoms with E-state index in [2.05, 4.69) is 10.6 Å². The third-order valence-corrected chi connectivity index (χ3v) is 4.45. The summed E-state index contributed by atoms with van der Waals surface area (Å²) in [6.07, 6.45) is 0.316.